The molecular formula is C22H21Br2NO. The number of halogens is 2. The number of nitrogens with two attached hydrogens (primary N) is 1. The lowest BCUT2D eigenvalue weighted by Crippen LogP contribution is -2.46. The van der Waals surface area contributed by atoms with Crippen LogP contribution < -0.4 is 5.73 Å². The van der Waals surface area contributed by atoms with Gasteiger partial charge in [0.1, 0.15) is 5.60 Å². The van der Waals surface area contributed by atoms with E-state index in [1.54, 1.807) is 0 Å². The zero-order chi connectivity index (χ0) is 18.6. The Balaban J connectivity index is 2.05. The zero-order valence-electron chi connectivity index (χ0n) is 14.5. The molecule has 0 radical (unpaired) electrons. The highest BCUT2D eigenvalue weighted by Crippen LogP contribution is 2.37. The van der Waals surface area contributed by atoms with Crippen LogP contribution in [0.5, 0.6) is 0 Å². The lowest BCUT2D eigenvalue weighted by Gasteiger charge is -2.38. The minimum absolute atomic E-state index is 0.233. The third-order valence-corrected chi connectivity index (χ3v) is 5.35. The minimum Gasteiger partial charge on any atom is -0.359 e. The number of hydrogen-bond donors (Lipinski definition) is 1. The van der Waals surface area contributed by atoms with Crippen molar-refractivity contribution < 1.29 is 4.74 Å². The first-order chi connectivity index (χ1) is 12.5. The molecule has 0 aromatic heterocycles. The van der Waals surface area contributed by atoms with Crippen LogP contribution >= 0.6 is 31.9 Å². The summed E-state index contributed by atoms with van der Waals surface area (Å²) in [5.41, 5.74) is 8.97. The molecule has 0 aliphatic heterocycles. The molecule has 0 spiro atoms. The molecule has 134 valence electrons. The first kappa shape index (κ1) is 19.3. The molecule has 3 aromatic rings. The van der Waals surface area contributed by atoms with Crippen molar-refractivity contribution in [3.8, 4) is 0 Å². The molecule has 2 nitrogen and oxygen atoms in total. The standard InChI is InChI=1S/C22H21Br2NO/c1-16(25)22(18-8-4-2-5-9-18,19-10-6-3-7-11-19)26-15-17-12-20(23)14-21(24)13-17/h2-14,16H,15,25H2,1H3. The molecule has 1 unspecified atom stereocenters. The summed E-state index contributed by atoms with van der Waals surface area (Å²) in [5, 5.41) is 0. The number of ether oxygens (including phenoxy) is 1. The quantitative estimate of drug-likeness (QED) is 0.474. The van der Waals surface area contributed by atoms with Gasteiger partial charge in [0, 0.05) is 15.0 Å². The molecule has 0 fully saturated rings. The van der Waals surface area contributed by atoms with E-state index in [-0.39, 0.29) is 6.04 Å². The molecular weight excluding hydrogens is 454 g/mol. The van der Waals surface area contributed by atoms with Crippen LogP contribution in [-0.4, -0.2) is 6.04 Å². The molecule has 0 aliphatic carbocycles. The van der Waals surface area contributed by atoms with Gasteiger partial charge in [0.15, 0.2) is 0 Å². The van der Waals surface area contributed by atoms with E-state index in [9.17, 15) is 0 Å². The second kappa shape index (κ2) is 8.49. The smallest absolute Gasteiger partial charge is 0.133 e. The van der Waals surface area contributed by atoms with Crippen molar-refractivity contribution in [2.45, 2.75) is 25.2 Å². The Morgan fingerprint density at radius 3 is 1.73 bits per heavy atom. The number of rotatable bonds is 6. The first-order valence-corrected chi connectivity index (χ1v) is 10.1. The Bertz CT molecular complexity index is 791. The summed E-state index contributed by atoms with van der Waals surface area (Å²) in [6.45, 7) is 2.44. The summed E-state index contributed by atoms with van der Waals surface area (Å²) < 4.78 is 8.61. The molecule has 0 heterocycles. The van der Waals surface area contributed by atoms with Crippen LogP contribution in [0.2, 0.25) is 0 Å². The van der Waals surface area contributed by atoms with Crippen molar-refractivity contribution in [3.05, 3.63) is 104 Å². The third-order valence-electron chi connectivity index (χ3n) is 4.44. The predicted molar refractivity (Wildman–Crippen MR) is 114 cm³/mol. The maximum Gasteiger partial charge on any atom is 0.133 e. The van der Waals surface area contributed by atoms with Crippen LogP contribution in [0.4, 0.5) is 0 Å². The second-order valence-corrected chi connectivity index (χ2v) is 8.15. The summed E-state index contributed by atoms with van der Waals surface area (Å²) in [7, 11) is 0. The average molecular weight is 475 g/mol. The van der Waals surface area contributed by atoms with Gasteiger partial charge in [-0.2, -0.15) is 0 Å². The second-order valence-electron chi connectivity index (χ2n) is 6.32. The summed E-state index contributed by atoms with van der Waals surface area (Å²) in [6, 6.07) is 26.3. The van der Waals surface area contributed by atoms with Gasteiger partial charge in [0.25, 0.3) is 0 Å². The van der Waals surface area contributed by atoms with Crippen LogP contribution in [0, 0.1) is 0 Å². The van der Waals surface area contributed by atoms with Crippen molar-refractivity contribution in [1.29, 1.82) is 0 Å². The monoisotopic (exact) mass is 473 g/mol. The van der Waals surface area contributed by atoms with Crippen molar-refractivity contribution >= 4 is 31.9 Å². The molecule has 0 bridgehead atoms. The fourth-order valence-electron chi connectivity index (χ4n) is 3.25. The molecule has 3 rings (SSSR count). The van der Waals surface area contributed by atoms with Crippen LogP contribution in [0.25, 0.3) is 0 Å². The molecule has 3 aromatic carbocycles. The van der Waals surface area contributed by atoms with Crippen molar-refractivity contribution in [2.24, 2.45) is 5.73 Å². The van der Waals surface area contributed by atoms with Gasteiger partial charge < -0.3 is 10.5 Å². The van der Waals surface area contributed by atoms with E-state index < -0.39 is 5.60 Å². The van der Waals surface area contributed by atoms with Gasteiger partial charge in [0.2, 0.25) is 0 Å². The van der Waals surface area contributed by atoms with Crippen LogP contribution in [-0.2, 0) is 16.9 Å². The summed E-state index contributed by atoms with van der Waals surface area (Å²) in [6.07, 6.45) is 0. The van der Waals surface area contributed by atoms with Crippen LogP contribution in [0.3, 0.4) is 0 Å². The predicted octanol–water partition coefficient (Wildman–Crippen LogP) is 6.02. The van der Waals surface area contributed by atoms with Gasteiger partial charge in [-0.15, -0.1) is 0 Å². The van der Waals surface area contributed by atoms with Gasteiger partial charge in [-0.25, -0.2) is 0 Å². The Morgan fingerprint density at radius 1 is 0.846 bits per heavy atom. The van der Waals surface area contributed by atoms with Crippen LogP contribution in [0.1, 0.15) is 23.6 Å². The highest BCUT2D eigenvalue weighted by molar-refractivity contribution is 9.11. The zero-order valence-corrected chi connectivity index (χ0v) is 17.7. The van der Waals surface area contributed by atoms with Gasteiger partial charge in [-0.3, -0.25) is 0 Å². The lowest BCUT2D eigenvalue weighted by molar-refractivity contribution is -0.0451. The largest absolute Gasteiger partial charge is 0.359 e. The molecule has 0 amide bonds. The average Bonchev–Trinajstić information content (AvgIpc) is 2.63. The molecule has 1 atom stereocenters. The molecule has 26 heavy (non-hydrogen) atoms. The topological polar surface area (TPSA) is 35.2 Å². The SMILES string of the molecule is CC(N)C(OCc1cc(Br)cc(Br)c1)(c1ccccc1)c1ccccc1. The van der Waals surface area contributed by atoms with Gasteiger partial charge in [-0.05, 0) is 41.8 Å². The molecule has 2 N–H and O–H groups in total. The molecule has 4 heteroatoms. The Hall–Kier alpha value is -1.46. The highest BCUT2D eigenvalue weighted by atomic mass is 79.9. The molecule has 0 saturated heterocycles. The van der Waals surface area contributed by atoms with E-state index in [1.807, 2.05) is 49.4 Å². The fraction of sp³-hybridized carbons (Fsp3) is 0.182. The Morgan fingerprint density at radius 2 is 1.31 bits per heavy atom. The van der Waals surface area contributed by atoms with E-state index in [1.165, 1.54) is 0 Å². The van der Waals surface area contributed by atoms with Crippen molar-refractivity contribution in [3.63, 3.8) is 0 Å². The Kier molecular flexibility index (Phi) is 6.30. The van der Waals surface area contributed by atoms with E-state index in [0.29, 0.717) is 6.61 Å². The first-order valence-electron chi connectivity index (χ1n) is 8.48. The maximum atomic E-state index is 6.59. The van der Waals surface area contributed by atoms with E-state index in [0.717, 1.165) is 25.6 Å². The molecule has 0 aliphatic rings. The van der Waals surface area contributed by atoms with E-state index in [2.05, 4.69) is 68.3 Å². The van der Waals surface area contributed by atoms with E-state index in [4.69, 9.17) is 10.5 Å². The molecule has 0 saturated carbocycles. The van der Waals surface area contributed by atoms with E-state index >= 15 is 0 Å². The third kappa shape index (κ3) is 4.09. The van der Waals surface area contributed by atoms with Gasteiger partial charge in [-0.1, -0.05) is 92.5 Å². The van der Waals surface area contributed by atoms with Crippen LogP contribution in [0.15, 0.2) is 87.8 Å². The maximum absolute atomic E-state index is 6.59. The van der Waals surface area contributed by atoms with Crippen molar-refractivity contribution in [1.82, 2.24) is 0 Å². The fourth-order valence-corrected chi connectivity index (χ4v) is 4.64. The van der Waals surface area contributed by atoms with Gasteiger partial charge in [0.05, 0.1) is 6.61 Å². The summed E-state index contributed by atoms with van der Waals surface area (Å²) >= 11 is 7.08. The lowest BCUT2D eigenvalue weighted by atomic mass is 9.81. The number of benzene rings is 3. The highest BCUT2D eigenvalue weighted by Gasteiger charge is 2.39. The van der Waals surface area contributed by atoms with Gasteiger partial charge >= 0.3 is 0 Å². The number of hydrogen-bond acceptors (Lipinski definition) is 2. The summed E-state index contributed by atoms with van der Waals surface area (Å²) in [5.74, 6) is 0. The van der Waals surface area contributed by atoms with Crippen molar-refractivity contribution in [2.75, 3.05) is 0 Å². The minimum atomic E-state index is -0.725. The summed E-state index contributed by atoms with van der Waals surface area (Å²) in [4.78, 5) is 0. The Labute approximate surface area is 171 Å². The normalized spacial score (nSPS) is 12.8.